The van der Waals surface area contributed by atoms with Gasteiger partial charge in [-0.3, -0.25) is 10.1 Å². The summed E-state index contributed by atoms with van der Waals surface area (Å²) in [7, 11) is 0. The SMILES string of the molecule is Cc1ccc([N+](=O)[O-])cc1NCCC(C)N. The second kappa shape index (κ2) is 5.46. The Bertz CT molecular complexity index is 377. The van der Waals surface area contributed by atoms with Crippen molar-refractivity contribution in [2.75, 3.05) is 11.9 Å². The van der Waals surface area contributed by atoms with Crippen LogP contribution in [-0.4, -0.2) is 17.5 Å². The van der Waals surface area contributed by atoms with Crippen LogP contribution < -0.4 is 11.1 Å². The van der Waals surface area contributed by atoms with Crippen molar-refractivity contribution in [3.8, 4) is 0 Å². The molecule has 3 N–H and O–H groups in total. The predicted molar refractivity (Wildman–Crippen MR) is 64.6 cm³/mol. The van der Waals surface area contributed by atoms with Gasteiger partial charge in [-0.05, 0) is 25.8 Å². The smallest absolute Gasteiger partial charge is 0.271 e. The third-order valence-corrected chi connectivity index (χ3v) is 2.35. The number of nitrogens with two attached hydrogens (primary N) is 1. The van der Waals surface area contributed by atoms with Gasteiger partial charge in [0.2, 0.25) is 0 Å². The highest BCUT2D eigenvalue weighted by molar-refractivity contribution is 5.56. The van der Waals surface area contributed by atoms with Gasteiger partial charge in [0.25, 0.3) is 5.69 Å². The molecular weight excluding hydrogens is 206 g/mol. The summed E-state index contributed by atoms with van der Waals surface area (Å²) >= 11 is 0. The number of anilines is 1. The number of non-ortho nitro benzene ring substituents is 1. The fraction of sp³-hybridized carbons (Fsp3) is 0.455. The molecule has 0 saturated carbocycles. The summed E-state index contributed by atoms with van der Waals surface area (Å²) in [5.41, 5.74) is 7.53. The molecule has 5 heteroatoms. The van der Waals surface area contributed by atoms with Crippen LogP contribution in [0.4, 0.5) is 11.4 Å². The Labute approximate surface area is 94.8 Å². The van der Waals surface area contributed by atoms with Crippen LogP contribution in [0, 0.1) is 17.0 Å². The average molecular weight is 223 g/mol. The molecule has 0 aliphatic carbocycles. The van der Waals surface area contributed by atoms with Crippen LogP contribution in [0.3, 0.4) is 0 Å². The maximum absolute atomic E-state index is 10.6. The lowest BCUT2D eigenvalue weighted by atomic mass is 10.1. The lowest BCUT2D eigenvalue weighted by Crippen LogP contribution is -2.19. The van der Waals surface area contributed by atoms with Crippen molar-refractivity contribution in [1.29, 1.82) is 0 Å². The normalized spacial score (nSPS) is 12.2. The molecule has 0 saturated heterocycles. The van der Waals surface area contributed by atoms with Crippen LogP contribution in [0.2, 0.25) is 0 Å². The second-order valence-corrected chi connectivity index (χ2v) is 3.95. The van der Waals surface area contributed by atoms with Gasteiger partial charge >= 0.3 is 0 Å². The van der Waals surface area contributed by atoms with Gasteiger partial charge in [0, 0.05) is 30.4 Å². The molecule has 0 amide bonds. The molecule has 0 bridgehead atoms. The molecule has 1 rings (SSSR count). The zero-order valence-corrected chi connectivity index (χ0v) is 9.56. The Balaban J connectivity index is 2.70. The molecule has 88 valence electrons. The molecule has 1 unspecified atom stereocenters. The third-order valence-electron chi connectivity index (χ3n) is 2.35. The number of nitro benzene ring substituents is 1. The first-order valence-electron chi connectivity index (χ1n) is 5.25. The molecule has 0 aliphatic heterocycles. The minimum absolute atomic E-state index is 0.105. The van der Waals surface area contributed by atoms with E-state index in [4.69, 9.17) is 5.73 Å². The summed E-state index contributed by atoms with van der Waals surface area (Å²) in [6, 6.07) is 4.93. The van der Waals surface area contributed by atoms with E-state index in [-0.39, 0.29) is 11.7 Å². The summed E-state index contributed by atoms with van der Waals surface area (Å²) in [5.74, 6) is 0. The molecule has 0 radical (unpaired) electrons. The van der Waals surface area contributed by atoms with Crippen LogP contribution in [0.15, 0.2) is 18.2 Å². The monoisotopic (exact) mass is 223 g/mol. The Kier molecular flexibility index (Phi) is 4.25. The van der Waals surface area contributed by atoms with Gasteiger partial charge in [0.05, 0.1) is 4.92 Å². The summed E-state index contributed by atoms with van der Waals surface area (Å²) < 4.78 is 0. The Morgan fingerprint density at radius 2 is 2.25 bits per heavy atom. The quantitative estimate of drug-likeness (QED) is 0.591. The van der Waals surface area contributed by atoms with Crippen LogP contribution in [-0.2, 0) is 0 Å². The van der Waals surface area contributed by atoms with E-state index in [0.29, 0.717) is 0 Å². The van der Waals surface area contributed by atoms with E-state index in [9.17, 15) is 10.1 Å². The predicted octanol–water partition coefficient (Wildman–Crippen LogP) is 2.05. The molecule has 0 aliphatic rings. The van der Waals surface area contributed by atoms with Gasteiger partial charge in [-0.2, -0.15) is 0 Å². The molecular formula is C11H17N3O2. The van der Waals surface area contributed by atoms with Crippen LogP contribution >= 0.6 is 0 Å². The highest BCUT2D eigenvalue weighted by Gasteiger charge is 2.08. The Morgan fingerprint density at radius 3 is 2.81 bits per heavy atom. The molecule has 1 aromatic rings. The summed E-state index contributed by atoms with van der Waals surface area (Å²) in [6.07, 6.45) is 0.835. The third kappa shape index (κ3) is 3.51. The molecule has 16 heavy (non-hydrogen) atoms. The second-order valence-electron chi connectivity index (χ2n) is 3.95. The first kappa shape index (κ1) is 12.4. The van der Waals surface area contributed by atoms with E-state index in [1.54, 1.807) is 12.1 Å². The number of aryl methyl sites for hydroxylation is 1. The number of rotatable bonds is 5. The fourth-order valence-corrected chi connectivity index (χ4v) is 1.35. The van der Waals surface area contributed by atoms with E-state index < -0.39 is 4.92 Å². The highest BCUT2D eigenvalue weighted by atomic mass is 16.6. The lowest BCUT2D eigenvalue weighted by molar-refractivity contribution is -0.384. The summed E-state index contributed by atoms with van der Waals surface area (Å²) in [6.45, 7) is 4.57. The standard InChI is InChI=1S/C11H17N3O2/c1-8-3-4-10(14(15)16)7-11(8)13-6-5-9(2)12/h3-4,7,9,13H,5-6,12H2,1-2H3. The molecule has 1 atom stereocenters. The zero-order chi connectivity index (χ0) is 12.1. The number of hydrogen-bond donors (Lipinski definition) is 2. The first-order valence-corrected chi connectivity index (χ1v) is 5.25. The minimum Gasteiger partial charge on any atom is -0.385 e. The largest absolute Gasteiger partial charge is 0.385 e. The Morgan fingerprint density at radius 1 is 1.56 bits per heavy atom. The van der Waals surface area contributed by atoms with Crippen molar-refractivity contribution in [3.63, 3.8) is 0 Å². The number of nitrogens with one attached hydrogen (secondary N) is 1. The highest BCUT2D eigenvalue weighted by Crippen LogP contribution is 2.21. The van der Waals surface area contributed by atoms with Gasteiger partial charge in [-0.15, -0.1) is 0 Å². The maximum Gasteiger partial charge on any atom is 0.271 e. The van der Waals surface area contributed by atoms with Gasteiger partial charge in [0.15, 0.2) is 0 Å². The topological polar surface area (TPSA) is 81.2 Å². The minimum atomic E-state index is -0.393. The number of nitro groups is 1. The van der Waals surface area contributed by atoms with Gasteiger partial charge < -0.3 is 11.1 Å². The summed E-state index contributed by atoms with van der Waals surface area (Å²) in [5, 5.41) is 13.8. The first-order chi connectivity index (χ1) is 7.50. The molecule has 1 aromatic carbocycles. The molecule has 0 heterocycles. The number of nitrogens with zero attached hydrogens (tertiary/aromatic N) is 1. The van der Waals surface area contributed by atoms with Crippen LogP contribution in [0.1, 0.15) is 18.9 Å². The lowest BCUT2D eigenvalue weighted by Gasteiger charge is -2.10. The molecule has 0 fully saturated rings. The summed E-state index contributed by atoms with van der Waals surface area (Å²) in [4.78, 5) is 10.2. The number of benzene rings is 1. The van der Waals surface area contributed by atoms with Crippen molar-refractivity contribution in [2.45, 2.75) is 26.3 Å². The van der Waals surface area contributed by atoms with E-state index in [1.807, 2.05) is 13.8 Å². The van der Waals surface area contributed by atoms with Gasteiger partial charge in [0.1, 0.15) is 0 Å². The average Bonchev–Trinajstić information content (AvgIpc) is 2.20. The molecule has 5 nitrogen and oxygen atoms in total. The van der Waals surface area contributed by atoms with E-state index >= 15 is 0 Å². The van der Waals surface area contributed by atoms with E-state index in [1.165, 1.54) is 6.07 Å². The zero-order valence-electron chi connectivity index (χ0n) is 9.56. The maximum atomic E-state index is 10.6. The van der Waals surface area contributed by atoms with Gasteiger partial charge in [-0.1, -0.05) is 6.07 Å². The van der Waals surface area contributed by atoms with Gasteiger partial charge in [-0.25, -0.2) is 0 Å². The van der Waals surface area contributed by atoms with Crippen LogP contribution in [0.5, 0.6) is 0 Å². The van der Waals surface area contributed by atoms with Crippen molar-refractivity contribution in [3.05, 3.63) is 33.9 Å². The number of hydrogen-bond acceptors (Lipinski definition) is 4. The van der Waals surface area contributed by atoms with E-state index in [2.05, 4.69) is 5.32 Å². The van der Waals surface area contributed by atoms with Crippen molar-refractivity contribution in [1.82, 2.24) is 0 Å². The van der Waals surface area contributed by atoms with Crippen molar-refractivity contribution >= 4 is 11.4 Å². The van der Waals surface area contributed by atoms with Crippen molar-refractivity contribution in [2.24, 2.45) is 5.73 Å². The Hall–Kier alpha value is -1.62. The van der Waals surface area contributed by atoms with Crippen molar-refractivity contribution < 1.29 is 4.92 Å². The molecule has 0 aromatic heterocycles. The van der Waals surface area contributed by atoms with Crippen LogP contribution in [0.25, 0.3) is 0 Å². The van der Waals surface area contributed by atoms with E-state index in [0.717, 1.165) is 24.2 Å². The molecule has 0 spiro atoms. The fourth-order valence-electron chi connectivity index (χ4n) is 1.35.